The number of esters is 1. The molecule has 6 nitrogen and oxygen atoms in total. The zero-order valence-corrected chi connectivity index (χ0v) is 18.0. The van der Waals surface area contributed by atoms with Gasteiger partial charge in [0.05, 0.1) is 18.0 Å². The molecule has 0 saturated heterocycles. The van der Waals surface area contributed by atoms with Crippen molar-refractivity contribution in [2.24, 2.45) is 0 Å². The van der Waals surface area contributed by atoms with Gasteiger partial charge in [0.15, 0.2) is 0 Å². The lowest BCUT2D eigenvalue weighted by molar-refractivity contribution is -0.274. The highest BCUT2D eigenvalue weighted by atomic mass is 32.1. The summed E-state index contributed by atoms with van der Waals surface area (Å²) in [5, 5.41) is 3.54. The van der Waals surface area contributed by atoms with E-state index in [0.717, 1.165) is 11.3 Å². The number of hydrogen-bond donors (Lipinski definition) is 1. The number of thiophene rings is 1. The zero-order valence-electron chi connectivity index (χ0n) is 17.2. The molecule has 0 aliphatic carbocycles. The largest absolute Gasteiger partial charge is 0.573 e. The van der Waals surface area contributed by atoms with Gasteiger partial charge in [0.25, 0.3) is 5.56 Å². The van der Waals surface area contributed by atoms with Gasteiger partial charge >= 0.3 is 12.3 Å². The predicted molar refractivity (Wildman–Crippen MR) is 120 cm³/mol. The van der Waals surface area contributed by atoms with E-state index in [2.05, 4.69) is 10.1 Å². The normalized spacial score (nSPS) is 11.4. The third-order valence-corrected chi connectivity index (χ3v) is 5.72. The van der Waals surface area contributed by atoms with Crippen molar-refractivity contribution in [3.05, 3.63) is 82.0 Å². The van der Waals surface area contributed by atoms with Crippen molar-refractivity contribution in [2.45, 2.75) is 13.3 Å². The van der Waals surface area contributed by atoms with Crippen molar-refractivity contribution in [1.82, 2.24) is 4.57 Å². The second kappa shape index (κ2) is 8.99. The Bertz CT molecular complexity index is 1360. The fraction of sp³-hybridized carbons (Fsp3) is 0.130. The average Bonchev–Trinajstić information content (AvgIpc) is 3.12. The number of anilines is 2. The summed E-state index contributed by atoms with van der Waals surface area (Å²) < 4.78 is 48.5. The molecule has 0 saturated carbocycles. The SMILES string of the molecule is CCOC(=O)c1sc2c(ccc(=O)n2-c2ccccc2)c1Nc1cccc(OC(F)(F)F)c1. The molecule has 1 N–H and O–H groups in total. The van der Waals surface area contributed by atoms with E-state index in [1.54, 1.807) is 37.3 Å². The van der Waals surface area contributed by atoms with E-state index < -0.39 is 18.1 Å². The van der Waals surface area contributed by atoms with E-state index >= 15 is 0 Å². The van der Waals surface area contributed by atoms with Gasteiger partial charge in [-0.25, -0.2) is 4.79 Å². The van der Waals surface area contributed by atoms with Crippen LogP contribution in [0, 0.1) is 0 Å². The molecule has 0 fully saturated rings. The summed E-state index contributed by atoms with van der Waals surface area (Å²) in [5.74, 6) is -1.03. The summed E-state index contributed by atoms with van der Waals surface area (Å²) in [6, 6.07) is 17.1. The van der Waals surface area contributed by atoms with Gasteiger partial charge in [-0.15, -0.1) is 24.5 Å². The third-order valence-electron chi connectivity index (χ3n) is 4.55. The minimum Gasteiger partial charge on any atom is -0.462 e. The van der Waals surface area contributed by atoms with E-state index in [1.165, 1.54) is 34.9 Å². The zero-order chi connectivity index (χ0) is 23.6. The van der Waals surface area contributed by atoms with E-state index in [-0.39, 0.29) is 22.7 Å². The highest BCUT2D eigenvalue weighted by Gasteiger charge is 2.31. The maximum atomic E-state index is 12.7. The Morgan fingerprint density at radius 1 is 1.06 bits per heavy atom. The minimum atomic E-state index is -4.84. The first-order valence-corrected chi connectivity index (χ1v) is 10.6. The first kappa shape index (κ1) is 22.4. The number of hydrogen-bond acceptors (Lipinski definition) is 6. The molecule has 0 bridgehead atoms. The van der Waals surface area contributed by atoms with Crippen molar-refractivity contribution in [1.29, 1.82) is 0 Å². The second-order valence-electron chi connectivity index (χ2n) is 6.79. The summed E-state index contributed by atoms with van der Waals surface area (Å²) in [6.45, 7) is 1.79. The molecule has 0 unspecified atom stereocenters. The molecule has 0 radical (unpaired) electrons. The highest BCUT2D eigenvalue weighted by molar-refractivity contribution is 7.21. The topological polar surface area (TPSA) is 69.6 Å². The van der Waals surface area contributed by atoms with E-state index in [4.69, 9.17) is 4.74 Å². The number of halogens is 3. The Hall–Kier alpha value is -3.79. The van der Waals surface area contributed by atoms with Crippen LogP contribution in [-0.4, -0.2) is 23.5 Å². The molecule has 0 spiro atoms. The van der Waals surface area contributed by atoms with Gasteiger partial charge in [0.1, 0.15) is 15.5 Å². The number of rotatable bonds is 6. The van der Waals surface area contributed by atoms with Gasteiger partial charge in [0.2, 0.25) is 0 Å². The molecule has 0 atom stereocenters. The van der Waals surface area contributed by atoms with E-state index in [9.17, 15) is 22.8 Å². The monoisotopic (exact) mass is 474 g/mol. The summed E-state index contributed by atoms with van der Waals surface area (Å²) >= 11 is 1.06. The summed E-state index contributed by atoms with van der Waals surface area (Å²) in [5.41, 5.74) is 0.899. The maximum absolute atomic E-state index is 12.7. The molecular weight excluding hydrogens is 457 g/mol. The Balaban J connectivity index is 1.87. The molecule has 2 aromatic carbocycles. The Labute approximate surface area is 189 Å². The van der Waals surface area contributed by atoms with Crippen molar-refractivity contribution < 1.29 is 27.4 Å². The fourth-order valence-corrected chi connectivity index (χ4v) is 4.45. The molecule has 2 aromatic heterocycles. The molecular formula is C23H17F3N2O4S. The smallest absolute Gasteiger partial charge is 0.462 e. The van der Waals surface area contributed by atoms with Crippen LogP contribution in [0.25, 0.3) is 15.9 Å². The van der Waals surface area contributed by atoms with Crippen LogP contribution in [-0.2, 0) is 4.74 Å². The third kappa shape index (κ3) is 4.85. The van der Waals surface area contributed by atoms with Gasteiger partial charge < -0.3 is 14.8 Å². The quantitative estimate of drug-likeness (QED) is 0.354. The second-order valence-corrected chi connectivity index (χ2v) is 7.79. The number of alkyl halides is 3. The van der Waals surface area contributed by atoms with Crippen LogP contribution >= 0.6 is 11.3 Å². The molecule has 4 aromatic rings. The lowest BCUT2D eigenvalue weighted by Crippen LogP contribution is -2.17. The molecule has 0 amide bonds. The number of benzene rings is 2. The van der Waals surface area contributed by atoms with Crippen molar-refractivity contribution in [2.75, 3.05) is 11.9 Å². The Morgan fingerprint density at radius 2 is 1.82 bits per heavy atom. The molecule has 4 rings (SSSR count). The number of fused-ring (bicyclic) bond motifs is 1. The number of pyridine rings is 1. The lowest BCUT2D eigenvalue weighted by Gasteiger charge is -2.12. The maximum Gasteiger partial charge on any atom is 0.573 e. The number of ether oxygens (including phenoxy) is 2. The minimum absolute atomic E-state index is 0.132. The predicted octanol–water partition coefficient (Wildman–Crippen LogP) is 5.87. The molecule has 2 heterocycles. The van der Waals surface area contributed by atoms with Crippen LogP contribution in [0.1, 0.15) is 16.6 Å². The standard InChI is InChI=1S/C23H17F3N2O4S/c1-2-31-22(30)20-19(27-14-7-6-10-16(13-14)32-23(24,25)26)17-11-12-18(29)28(21(17)33-20)15-8-4-3-5-9-15/h3-13,27H,2H2,1H3. The summed E-state index contributed by atoms with van der Waals surface area (Å²) in [6.07, 6.45) is -4.84. The highest BCUT2D eigenvalue weighted by Crippen LogP contribution is 2.39. The first-order chi connectivity index (χ1) is 15.8. The van der Waals surface area contributed by atoms with Crippen molar-refractivity contribution in [3.8, 4) is 11.4 Å². The van der Waals surface area contributed by atoms with Gasteiger partial charge in [-0.05, 0) is 37.3 Å². The number of carbonyl (C=O) groups is 1. The number of para-hydroxylation sites is 1. The molecule has 0 aliphatic rings. The van der Waals surface area contributed by atoms with E-state index in [1.807, 2.05) is 6.07 Å². The van der Waals surface area contributed by atoms with Gasteiger partial charge in [-0.2, -0.15) is 0 Å². The number of aromatic nitrogens is 1. The van der Waals surface area contributed by atoms with Crippen molar-refractivity contribution >= 4 is 38.9 Å². The lowest BCUT2D eigenvalue weighted by atomic mass is 10.2. The Kier molecular flexibility index (Phi) is 6.10. The van der Waals surface area contributed by atoms with Crippen LogP contribution in [0.2, 0.25) is 0 Å². The van der Waals surface area contributed by atoms with E-state index in [0.29, 0.717) is 21.6 Å². The fourth-order valence-electron chi connectivity index (χ4n) is 3.28. The molecule has 10 heteroatoms. The van der Waals surface area contributed by atoms with Crippen LogP contribution in [0.15, 0.2) is 71.5 Å². The number of nitrogens with one attached hydrogen (secondary N) is 1. The Morgan fingerprint density at radius 3 is 2.52 bits per heavy atom. The van der Waals surface area contributed by atoms with Gasteiger partial charge in [-0.3, -0.25) is 9.36 Å². The van der Waals surface area contributed by atoms with Crippen molar-refractivity contribution in [3.63, 3.8) is 0 Å². The molecule has 170 valence electrons. The van der Waals surface area contributed by atoms with Crippen LogP contribution < -0.4 is 15.6 Å². The average molecular weight is 474 g/mol. The molecule has 0 aliphatic heterocycles. The number of nitrogens with zero attached hydrogens (tertiary/aromatic N) is 1. The van der Waals surface area contributed by atoms with Crippen LogP contribution in [0.4, 0.5) is 24.5 Å². The van der Waals surface area contributed by atoms with Crippen LogP contribution in [0.3, 0.4) is 0 Å². The van der Waals surface area contributed by atoms with Gasteiger partial charge in [-0.1, -0.05) is 24.3 Å². The van der Waals surface area contributed by atoms with Crippen LogP contribution in [0.5, 0.6) is 5.75 Å². The van der Waals surface area contributed by atoms with Gasteiger partial charge in [0, 0.05) is 23.2 Å². The molecule has 33 heavy (non-hydrogen) atoms. The first-order valence-electron chi connectivity index (χ1n) is 9.81. The number of carbonyl (C=O) groups excluding carboxylic acids is 1. The summed E-state index contributed by atoms with van der Waals surface area (Å²) in [4.78, 5) is 26.1. The summed E-state index contributed by atoms with van der Waals surface area (Å²) in [7, 11) is 0.